The predicted molar refractivity (Wildman–Crippen MR) is 74.5 cm³/mol. The molecule has 2 rings (SSSR count). The molecule has 0 aromatic carbocycles. The van der Waals surface area contributed by atoms with E-state index in [0.29, 0.717) is 5.69 Å². The van der Waals surface area contributed by atoms with Gasteiger partial charge < -0.3 is 15.2 Å². The number of hydrogen-bond donors (Lipinski definition) is 1. The Labute approximate surface area is 109 Å². The molecule has 1 aromatic rings. The van der Waals surface area contributed by atoms with Crippen LogP contribution in [0, 0.1) is 11.3 Å². The second-order valence-corrected chi connectivity index (χ2v) is 4.97. The standard InChI is InChI=1S/C14H22N4/c1-2-3-4-9-18-12(11-15)10-13(16)14(18)17-7-5-6-8-17/h10H,2-9,16H2,1H3. The maximum absolute atomic E-state index is 9.21. The Bertz CT molecular complexity index is 435. The van der Waals surface area contributed by atoms with E-state index in [2.05, 4.69) is 22.5 Å². The van der Waals surface area contributed by atoms with Crippen LogP contribution in [0.3, 0.4) is 0 Å². The van der Waals surface area contributed by atoms with Crippen molar-refractivity contribution < 1.29 is 0 Å². The molecular weight excluding hydrogens is 224 g/mol. The highest BCUT2D eigenvalue weighted by Crippen LogP contribution is 2.30. The van der Waals surface area contributed by atoms with Crippen LogP contribution in [0.4, 0.5) is 11.5 Å². The van der Waals surface area contributed by atoms with E-state index in [1.807, 2.05) is 6.07 Å². The van der Waals surface area contributed by atoms with E-state index >= 15 is 0 Å². The summed E-state index contributed by atoms with van der Waals surface area (Å²) in [4.78, 5) is 2.32. The molecule has 2 N–H and O–H groups in total. The zero-order valence-electron chi connectivity index (χ0n) is 11.2. The molecule has 98 valence electrons. The van der Waals surface area contributed by atoms with Crippen LogP contribution >= 0.6 is 0 Å². The third-order valence-electron chi connectivity index (χ3n) is 3.60. The van der Waals surface area contributed by atoms with Gasteiger partial charge in [0.15, 0.2) is 0 Å². The quantitative estimate of drug-likeness (QED) is 0.813. The fraction of sp³-hybridized carbons (Fsp3) is 0.643. The molecule has 0 atom stereocenters. The minimum absolute atomic E-state index is 0.700. The Morgan fingerprint density at radius 2 is 2.06 bits per heavy atom. The van der Waals surface area contributed by atoms with Gasteiger partial charge in [-0.25, -0.2) is 0 Å². The van der Waals surface area contributed by atoms with Gasteiger partial charge in [-0.1, -0.05) is 19.8 Å². The summed E-state index contributed by atoms with van der Waals surface area (Å²) in [6, 6.07) is 4.08. The van der Waals surface area contributed by atoms with Gasteiger partial charge in [0.25, 0.3) is 0 Å². The molecule has 4 nitrogen and oxygen atoms in total. The van der Waals surface area contributed by atoms with E-state index in [-0.39, 0.29) is 0 Å². The maximum atomic E-state index is 9.21. The largest absolute Gasteiger partial charge is 0.396 e. The van der Waals surface area contributed by atoms with Crippen LogP contribution in [0.15, 0.2) is 6.07 Å². The molecule has 1 fully saturated rings. The minimum Gasteiger partial charge on any atom is -0.396 e. The SMILES string of the molecule is CCCCCn1c(C#N)cc(N)c1N1CCCC1. The van der Waals surface area contributed by atoms with Gasteiger partial charge in [0.05, 0.1) is 5.69 Å². The number of nitrogen functional groups attached to an aromatic ring is 1. The molecule has 0 radical (unpaired) electrons. The average molecular weight is 246 g/mol. The summed E-state index contributed by atoms with van der Waals surface area (Å²) >= 11 is 0. The van der Waals surface area contributed by atoms with Crippen molar-refractivity contribution in [1.82, 2.24) is 4.57 Å². The molecule has 0 aliphatic carbocycles. The minimum atomic E-state index is 0.700. The molecule has 0 amide bonds. The van der Waals surface area contributed by atoms with Crippen molar-refractivity contribution in [2.24, 2.45) is 0 Å². The number of nitrogens with two attached hydrogens (primary N) is 1. The molecule has 0 bridgehead atoms. The molecular formula is C14H22N4. The number of aromatic nitrogens is 1. The number of rotatable bonds is 5. The van der Waals surface area contributed by atoms with Crippen molar-refractivity contribution in [1.29, 1.82) is 5.26 Å². The summed E-state index contributed by atoms with van der Waals surface area (Å²) in [6.07, 6.45) is 5.95. The molecule has 18 heavy (non-hydrogen) atoms. The molecule has 1 aliphatic rings. The zero-order valence-corrected chi connectivity index (χ0v) is 11.2. The van der Waals surface area contributed by atoms with Crippen molar-refractivity contribution in [2.75, 3.05) is 23.7 Å². The van der Waals surface area contributed by atoms with Crippen LogP contribution in [0.25, 0.3) is 0 Å². The summed E-state index contributed by atoms with van der Waals surface area (Å²) in [5, 5.41) is 9.21. The Balaban J connectivity index is 2.25. The fourth-order valence-corrected chi connectivity index (χ4v) is 2.68. The highest BCUT2D eigenvalue weighted by molar-refractivity contribution is 5.68. The van der Waals surface area contributed by atoms with Gasteiger partial charge in [-0.3, -0.25) is 0 Å². The van der Waals surface area contributed by atoms with Gasteiger partial charge in [-0.15, -0.1) is 0 Å². The Morgan fingerprint density at radius 3 is 2.67 bits per heavy atom. The summed E-state index contributed by atoms with van der Waals surface area (Å²) < 4.78 is 2.11. The van der Waals surface area contributed by atoms with Crippen molar-refractivity contribution in [3.05, 3.63) is 11.8 Å². The third-order valence-corrected chi connectivity index (χ3v) is 3.60. The van der Waals surface area contributed by atoms with Gasteiger partial charge in [0.2, 0.25) is 0 Å². The van der Waals surface area contributed by atoms with Gasteiger partial charge in [0, 0.05) is 19.6 Å². The Hall–Kier alpha value is -1.63. The highest BCUT2D eigenvalue weighted by Gasteiger charge is 2.21. The third kappa shape index (κ3) is 2.45. The van der Waals surface area contributed by atoms with Crippen LogP contribution in [0.1, 0.15) is 44.7 Å². The van der Waals surface area contributed by atoms with Crippen molar-refractivity contribution >= 4 is 11.5 Å². The monoisotopic (exact) mass is 246 g/mol. The summed E-state index contributed by atoms with van der Waals surface area (Å²) in [7, 11) is 0. The van der Waals surface area contributed by atoms with Gasteiger partial charge >= 0.3 is 0 Å². The normalized spacial score (nSPS) is 15.0. The summed E-state index contributed by atoms with van der Waals surface area (Å²) in [6.45, 7) is 5.22. The van der Waals surface area contributed by atoms with Crippen molar-refractivity contribution in [3.8, 4) is 6.07 Å². The topological polar surface area (TPSA) is 58.0 Å². The fourth-order valence-electron chi connectivity index (χ4n) is 2.68. The van der Waals surface area contributed by atoms with E-state index in [0.717, 1.165) is 37.6 Å². The number of hydrogen-bond acceptors (Lipinski definition) is 3. The molecule has 0 spiro atoms. The van der Waals surface area contributed by atoms with E-state index in [1.54, 1.807) is 0 Å². The number of anilines is 2. The maximum Gasteiger partial charge on any atom is 0.133 e. The van der Waals surface area contributed by atoms with Crippen LogP contribution < -0.4 is 10.6 Å². The summed E-state index contributed by atoms with van der Waals surface area (Å²) in [5.74, 6) is 1.07. The van der Waals surface area contributed by atoms with Gasteiger partial charge in [0.1, 0.15) is 17.6 Å². The Morgan fingerprint density at radius 1 is 1.33 bits per heavy atom. The molecule has 1 aliphatic heterocycles. The van der Waals surface area contributed by atoms with Crippen molar-refractivity contribution in [2.45, 2.75) is 45.6 Å². The highest BCUT2D eigenvalue weighted by atomic mass is 15.3. The van der Waals surface area contributed by atoms with E-state index in [9.17, 15) is 5.26 Å². The zero-order chi connectivity index (χ0) is 13.0. The number of nitrogens with zero attached hydrogens (tertiary/aromatic N) is 3. The molecule has 2 heterocycles. The first-order valence-electron chi connectivity index (χ1n) is 6.92. The van der Waals surface area contributed by atoms with Gasteiger partial charge in [-0.05, 0) is 25.3 Å². The molecule has 1 aromatic heterocycles. The van der Waals surface area contributed by atoms with E-state index < -0.39 is 0 Å². The second-order valence-electron chi connectivity index (χ2n) is 4.97. The lowest BCUT2D eigenvalue weighted by Crippen LogP contribution is -2.22. The van der Waals surface area contributed by atoms with Crippen molar-refractivity contribution in [3.63, 3.8) is 0 Å². The first kappa shape index (κ1) is 12.8. The first-order valence-corrected chi connectivity index (χ1v) is 6.92. The van der Waals surface area contributed by atoms with Crippen LogP contribution in [-0.4, -0.2) is 17.7 Å². The molecule has 4 heteroatoms. The average Bonchev–Trinajstić information content (AvgIpc) is 2.97. The second kappa shape index (κ2) is 5.81. The smallest absolute Gasteiger partial charge is 0.133 e. The molecule has 0 unspecified atom stereocenters. The van der Waals surface area contributed by atoms with E-state index in [1.165, 1.54) is 25.7 Å². The van der Waals surface area contributed by atoms with Crippen LogP contribution in [0.5, 0.6) is 0 Å². The Kier molecular flexibility index (Phi) is 4.14. The molecule has 1 saturated heterocycles. The number of nitriles is 1. The molecule has 0 saturated carbocycles. The number of unbranched alkanes of at least 4 members (excludes halogenated alkanes) is 2. The lowest BCUT2D eigenvalue weighted by molar-refractivity contribution is 0.597. The first-order chi connectivity index (χ1) is 8.77. The van der Waals surface area contributed by atoms with Crippen LogP contribution in [-0.2, 0) is 6.54 Å². The van der Waals surface area contributed by atoms with E-state index in [4.69, 9.17) is 5.73 Å². The lowest BCUT2D eigenvalue weighted by atomic mass is 10.2. The van der Waals surface area contributed by atoms with Gasteiger partial charge in [-0.2, -0.15) is 5.26 Å². The lowest BCUT2D eigenvalue weighted by Gasteiger charge is -2.21. The van der Waals surface area contributed by atoms with Crippen LogP contribution in [0.2, 0.25) is 0 Å². The predicted octanol–water partition coefficient (Wildman–Crippen LogP) is 2.73. The summed E-state index contributed by atoms with van der Waals surface area (Å²) in [5.41, 5.74) is 7.54.